The molecular formula is C19H18FN3O2. The molecule has 5 nitrogen and oxygen atoms in total. The van der Waals surface area contributed by atoms with Crippen LogP contribution in [0.25, 0.3) is 0 Å². The molecule has 0 N–H and O–H groups in total. The molecule has 0 saturated carbocycles. The summed E-state index contributed by atoms with van der Waals surface area (Å²) in [6.45, 7) is 2.53. The van der Waals surface area contributed by atoms with Crippen LogP contribution in [0.1, 0.15) is 25.3 Å². The molecule has 128 valence electrons. The lowest BCUT2D eigenvalue weighted by Crippen LogP contribution is -2.49. The second-order valence-electron chi connectivity index (χ2n) is 6.58. The number of piperidine rings is 1. The molecule has 0 unspecified atom stereocenters. The molecule has 0 aliphatic carbocycles. The van der Waals surface area contributed by atoms with Gasteiger partial charge in [0.25, 0.3) is 0 Å². The first-order valence-corrected chi connectivity index (χ1v) is 8.34. The highest BCUT2D eigenvalue weighted by atomic mass is 19.1. The molecule has 3 heterocycles. The zero-order valence-corrected chi connectivity index (χ0v) is 13.9. The minimum Gasteiger partial charge on any atom is -0.343 e. The lowest BCUT2D eigenvalue weighted by molar-refractivity contribution is -0.133. The topological polar surface area (TPSA) is 53.5 Å². The third kappa shape index (κ3) is 2.24. The molecule has 1 saturated heterocycles. The van der Waals surface area contributed by atoms with E-state index in [-0.39, 0.29) is 11.8 Å². The van der Waals surface area contributed by atoms with Gasteiger partial charge in [0.1, 0.15) is 5.82 Å². The molecule has 1 spiro atoms. The number of benzene rings is 1. The Hall–Kier alpha value is -2.76. The maximum Gasteiger partial charge on any atom is 0.242 e. The summed E-state index contributed by atoms with van der Waals surface area (Å²) in [6, 6.07) is 8.33. The minimum atomic E-state index is -0.779. The first-order chi connectivity index (χ1) is 12.0. The SMILES string of the molecule is CC(=O)N1CCC2(CC1)C(=O)N(c1cccnc1)c1c(F)cccc12. The Morgan fingerprint density at radius 1 is 1.20 bits per heavy atom. The van der Waals surface area contributed by atoms with E-state index in [1.807, 2.05) is 6.07 Å². The van der Waals surface area contributed by atoms with Gasteiger partial charge in [0.2, 0.25) is 11.8 Å². The molecule has 4 rings (SSSR count). The summed E-state index contributed by atoms with van der Waals surface area (Å²) < 4.78 is 14.7. The van der Waals surface area contributed by atoms with Crippen LogP contribution in [0.3, 0.4) is 0 Å². The molecule has 1 aromatic heterocycles. The standard InChI is InChI=1S/C19H18FN3O2/c1-13(24)22-10-7-19(8-11-22)15-5-2-6-16(20)17(15)23(18(19)25)14-4-3-9-21-12-14/h2-6,9,12H,7-8,10-11H2,1H3. The summed E-state index contributed by atoms with van der Waals surface area (Å²) in [5.41, 5.74) is 0.810. The van der Waals surface area contributed by atoms with Crippen LogP contribution in [-0.4, -0.2) is 34.8 Å². The molecule has 1 fully saturated rings. The van der Waals surface area contributed by atoms with E-state index in [4.69, 9.17) is 0 Å². The Bertz CT molecular complexity index is 845. The molecule has 25 heavy (non-hydrogen) atoms. The summed E-state index contributed by atoms with van der Waals surface area (Å²) in [4.78, 5) is 32.3. The smallest absolute Gasteiger partial charge is 0.242 e. The molecule has 1 aromatic carbocycles. The van der Waals surface area contributed by atoms with E-state index in [9.17, 15) is 14.0 Å². The second kappa shape index (κ2) is 5.65. The molecule has 2 aliphatic heterocycles. The van der Waals surface area contributed by atoms with E-state index in [1.54, 1.807) is 35.5 Å². The van der Waals surface area contributed by atoms with Gasteiger partial charge >= 0.3 is 0 Å². The highest BCUT2D eigenvalue weighted by Gasteiger charge is 2.53. The normalized spacial score (nSPS) is 18.6. The Morgan fingerprint density at radius 2 is 1.96 bits per heavy atom. The van der Waals surface area contributed by atoms with Crippen molar-refractivity contribution in [1.29, 1.82) is 0 Å². The summed E-state index contributed by atoms with van der Waals surface area (Å²) in [5.74, 6) is -0.548. The van der Waals surface area contributed by atoms with Crippen LogP contribution in [0, 0.1) is 5.82 Å². The van der Waals surface area contributed by atoms with Gasteiger partial charge in [-0.15, -0.1) is 0 Å². The lowest BCUT2D eigenvalue weighted by Gasteiger charge is -2.38. The van der Waals surface area contributed by atoms with Crippen molar-refractivity contribution in [2.45, 2.75) is 25.2 Å². The van der Waals surface area contributed by atoms with Crippen molar-refractivity contribution in [3.8, 4) is 0 Å². The maximum atomic E-state index is 14.7. The van der Waals surface area contributed by atoms with Crippen molar-refractivity contribution >= 4 is 23.2 Å². The zero-order chi connectivity index (χ0) is 17.6. The fourth-order valence-corrected chi connectivity index (χ4v) is 3.98. The number of nitrogens with zero attached hydrogens (tertiary/aromatic N) is 3. The number of rotatable bonds is 1. The third-order valence-electron chi connectivity index (χ3n) is 5.30. The molecule has 6 heteroatoms. The summed E-state index contributed by atoms with van der Waals surface area (Å²) >= 11 is 0. The van der Waals surface area contributed by atoms with Gasteiger partial charge in [0, 0.05) is 26.2 Å². The number of aromatic nitrogens is 1. The van der Waals surface area contributed by atoms with Crippen molar-refractivity contribution in [2.24, 2.45) is 0 Å². The molecule has 0 bridgehead atoms. The predicted molar refractivity (Wildman–Crippen MR) is 90.9 cm³/mol. The summed E-state index contributed by atoms with van der Waals surface area (Å²) in [7, 11) is 0. The van der Waals surface area contributed by atoms with Crippen LogP contribution in [0.4, 0.5) is 15.8 Å². The average Bonchev–Trinajstić information content (AvgIpc) is 2.87. The van der Waals surface area contributed by atoms with Gasteiger partial charge in [0.05, 0.1) is 23.0 Å². The van der Waals surface area contributed by atoms with Crippen LogP contribution in [0.5, 0.6) is 0 Å². The van der Waals surface area contributed by atoms with Gasteiger partial charge in [0.15, 0.2) is 0 Å². The van der Waals surface area contributed by atoms with E-state index in [0.717, 1.165) is 0 Å². The lowest BCUT2D eigenvalue weighted by atomic mass is 9.73. The Kier molecular flexibility index (Phi) is 3.56. The molecule has 2 aromatic rings. The quantitative estimate of drug-likeness (QED) is 0.803. The predicted octanol–water partition coefficient (Wildman–Crippen LogP) is 2.78. The third-order valence-corrected chi connectivity index (χ3v) is 5.30. The highest BCUT2D eigenvalue weighted by Crippen LogP contribution is 2.51. The number of para-hydroxylation sites is 1. The van der Waals surface area contributed by atoms with Crippen LogP contribution in [-0.2, 0) is 15.0 Å². The molecule has 0 radical (unpaired) electrons. The van der Waals surface area contributed by atoms with Crippen molar-refractivity contribution in [2.75, 3.05) is 18.0 Å². The largest absolute Gasteiger partial charge is 0.343 e. The first-order valence-electron chi connectivity index (χ1n) is 8.34. The van der Waals surface area contributed by atoms with Crippen molar-refractivity contribution in [3.05, 3.63) is 54.1 Å². The van der Waals surface area contributed by atoms with Crippen molar-refractivity contribution in [3.63, 3.8) is 0 Å². The monoisotopic (exact) mass is 339 g/mol. The number of hydrogen-bond acceptors (Lipinski definition) is 3. The number of carbonyl (C=O) groups is 2. The van der Waals surface area contributed by atoms with E-state index in [0.29, 0.717) is 42.9 Å². The number of amides is 2. The first kappa shape index (κ1) is 15.7. The van der Waals surface area contributed by atoms with Crippen molar-refractivity contribution in [1.82, 2.24) is 9.88 Å². The van der Waals surface area contributed by atoms with Crippen LogP contribution in [0.2, 0.25) is 0 Å². The number of likely N-dealkylation sites (tertiary alicyclic amines) is 1. The van der Waals surface area contributed by atoms with Crippen LogP contribution >= 0.6 is 0 Å². The molecule has 2 amide bonds. The molecule has 0 atom stereocenters. The number of pyridine rings is 1. The molecule has 2 aliphatic rings. The Labute approximate surface area is 145 Å². The van der Waals surface area contributed by atoms with Gasteiger partial charge in [-0.1, -0.05) is 12.1 Å². The zero-order valence-electron chi connectivity index (χ0n) is 13.9. The van der Waals surface area contributed by atoms with E-state index < -0.39 is 11.2 Å². The summed E-state index contributed by atoms with van der Waals surface area (Å²) in [5, 5.41) is 0. The number of hydrogen-bond donors (Lipinski definition) is 0. The van der Waals surface area contributed by atoms with Gasteiger partial charge < -0.3 is 4.90 Å². The van der Waals surface area contributed by atoms with E-state index >= 15 is 0 Å². The van der Waals surface area contributed by atoms with E-state index in [2.05, 4.69) is 4.98 Å². The van der Waals surface area contributed by atoms with Gasteiger partial charge in [-0.3, -0.25) is 19.5 Å². The summed E-state index contributed by atoms with van der Waals surface area (Å²) in [6.07, 6.45) is 4.18. The van der Waals surface area contributed by atoms with Gasteiger partial charge in [-0.25, -0.2) is 4.39 Å². The minimum absolute atomic E-state index is 0.00359. The van der Waals surface area contributed by atoms with E-state index in [1.165, 1.54) is 17.9 Å². The van der Waals surface area contributed by atoms with Crippen LogP contribution in [0.15, 0.2) is 42.7 Å². The number of anilines is 2. The highest BCUT2D eigenvalue weighted by molar-refractivity contribution is 6.13. The fraction of sp³-hybridized carbons (Fsp3) is 0.316. The van der Waals surface area contributed by atoms with Gasteiger partial charge in [-0.2, -0.15) is 0 Å². The van der Waals surface area contributed by atoms with Crippen molar-refractivity contribution < 1.29 is 14.0 Å². The number of fused-ring (bicyclic) bond motifs is 2. The fourth-order valence-electron chi connectivity index (χ4n) is 3.98. The van der Waals surface area contributed by atoms with Crippen LogP contribution < -0.4 is 4.90 Å². The Balaban J connectivity index is 1.83. The maximum absolute atomic E-state index is 14.7. The second-order valence-corrected chi connectivity index (χ2v) is 6.58. The average molecular weight is 339 g/mol. The number of carbonyl (C=O) groups excluding carboxylic acids is 2. The van der Waals surface area contributed by atoms with Gasteiger partial charge in [-0.05, 0) is 36.6 Å². The molecular weight excluding hydrogens is 321 g/mol. The number of halogens is 1. The Morgan fingerprint density at radius 3 is 2.60 bits per heavy atom.